The smallest absolute Gasteiger partial charge is 0.250 e. The van der Waals surface area contributed by atoms with Gasteiger partial charge in [-0.1, -0.05) is 6.07 Å². The molecule has 6 heteroatoms. The minimum absolute atomic E-state index is 0.0861. The predicted octanol–water partition coefficient (Wildman–Crippen LogP) is 1.92. The van der Waals surface area contributed by atoms with Crippen molar-refractivity contribution < 1.29 is 14.3 Å². The third-order valence-electron chi connectivity index (χ3n) is 5.79. The second-order valence-corrected chi connectivity index (χ2v) is 7.67. The zero-order valence-electron chi connectivity index (χ0n) is 15.1. The van der Waals surface area contributed by atoms with E-state index in [1.54, 1.807) is 12.1 Å². The number of likely N-dealkylation sites (tertiary alicyclic amines) is 1. The first kappa shape index (κ1) is 16.6. The van der Waals surface area contributed by atoms with Gasteiger partial charge in [-0.05, 0) is 36.6 Å². The molecule has 3 aliphatic heterocycles. The van der Waals surface area contributed by atoms with E-state index in [-0.39, 0.29) is 11.3 Å². The number of ether oxygens (including phenoxy) is 2. The summed E-state index contributed by atoms with van der Waals surface area (Å²) in [6, 6.07) is 10.9. The molecule has 4 heterocycles. The van der Waals surface area contributed by atoms with Crippen LogP contribution >= 0.6 is 0 Å². The quantitative estimate of drug-likeness (QED) is 0.777. The Balaban J connectivity index is 1.32. The summed E-state index contributed by atoms with van der Waals surface area (Å²) in [6.45, 7) is 3.87. The highest BCUT2D eigenvalue weighted by molar-refractivity contribution is 5.98. The minimum atomic E-state index is 0.0861. The summed E-state index contributed by atoms with van der Waals surface area (Å²) in [5.74, 6) is 2.18. The molecule has 0 N–H and O–H groups in total. The Hall–Kier alpha value is -2.60. The Morgan fingerprint density at radius 2 is 1.89 bits per heavy atom. The molecule has 2 atom stereocenters. The van der Waals surface area contributed by atoms with Crippen molar-refractivity contribution in [1.82, 2.24) is 9.47 Å². The van der Waals surface area contributed by atoms with Gasteiger partial charge in [-0.3, -0.25) is 14.5 Å². The van der Waals surface area contributed by atoms with Crippen LogP contribution in [0.1, 0.15) is 28.4 Å². The first-order chi connectivity index (χ1) is 13.2. The maximum absolute atomic E-state index is 12.8. The lowest BCUT2D eigenvalue weighted by molar-refractivity contribution is 0.0816. The third-order valence-corrected chi connectivity index (χ3v) is 5.79. The summed E-state index contributed by atoms with van der Waals surface area (Å²) in [5.41, 5.74) is 1.85. The van der Waals surface area contributed by atoms with Gasteiger partial charge in [0.1, 0.15) is 13.2 Å². The summed E-state index contributed by atoms with van der Waals surface area (Å²) in [4.78, 5) is 27.2. The van der Waals surface area contributed by atoms with Gasteiger partial charge < -0.3 is 14.0 Å². The van der Waals surface area contributed by atoms with Crippen molar-refractivity contribution in [2.45, 2.75) is 18.9 Å². The predicted molar refractivity (Wildman–Crippen MR) is 99.8 cm³/mol. The number of nitrogens with zero attached hydrogens (tertiary/aromatic N) is 2. The minimum Gasteiger partial charge on any atom is -0.486 e. The van der Waals surface area contributed by atoms with Gasteiger partial charge in [-0.15, -0.1) is 0 Å². The van der Waals surface area contributed by atoms with Crippen LogP contribution in [0.2, 0.25) is 0 Å². The zero-order chi connectivity index (χ0) is 18.4. The Morgan fingerprint density at radius 3 is 2.78 bits per heavy atom. The van der Waals surface area contributed by atoms with Gasteiger partial charge >= 0.3 is 0 Å². The first-order valence-electron chi connectivity index (χ1n) is 9.52. The number of aromatic nitrogens is 1. The van der Waals surface area contributed by atoms with Crippen molar-refractivity contribution in [2.24, 2.45) is 5.92 Å². The molecule has 2 aromatic rings. The van der Waals surface area contributed by atoms with Crippen LogP contribution in [0.3, 0.4) is 0 Å². The van der Waals surface area contributed by atoms with Crippen molar-refractivity contribution in [3.8, 4) is 11.5 Å². The highest BCUT2D eigenvalue weighted by Crippen LogP contribution is 2.35. The molecule has 6 nitrogen and oxygen atoms in total. The number of hydrogen-bond acceptors (Lipinski definition) is 5. The molecular weight excluding hydrogens is 344 g/mol. The third kappa shape index (κ3) is 3.04. The lowest BCUT2D eigenvalue weighted by Gasteiger charge is -2.42. The van der Waals surface area contributed by atoms with Gasteiger partial charge in [0.15, 0.2) is 17.3 Å². The largest absolute Gasteiger partial charge is 0.486 e. The number of piperidine rings is 1. The summed E-state index contributed by atoms with van der Waals surface area (Å²) in [7, 11) is 0. The van der Waals surface area contributed by atoms with E-state index in [1.807, 2.05) is 22.8 Å². The van der Waals surface area contributed by atoms with Crippen molar-refractivity contribution in [3.63, 3.8) is 0 Å². The SMILES string of the molecule is O=C(CN1C[C@@H]2C[C@@H](C1)c1cccc(=O)n1C2)c1ccc2c(c1)OCCO2. The maximum atomic E-state index is 12.8. The van der Waals surface area contributed by atoms with E-state index >= 15 is 0 Å². The van der Waals surface area contributed by atoms with Crippen LogP contribution < -0.4 is 15.0 Å². The molecule has 3 aliphatic rings. The topological polar surface area (TPSA) is 60.8 Å². The Morgan fingerprint density at radius 1 is 1.04 bits per heavy atom. The van der Waals surface area contributed by atoms with Crippen LogP contribution in [0.25, 0.3) is 0 Å². The molecule has 1 aromatic heterocycles. The molecule has 1 saturated heterocycles. The highest BCUT2D eigenvalue weighted by Gasteiger charge is 2.35. The Labute approximate surface area is 157 Å². The fourth-order valence-corrected chi connectivity index (χ4v) is 4.64. The fraction of sp³-hybridized carbons (Fsp3) is 0.429. The summed E-state index contributed by atoms with van der Waals surface area (Å²) >= 11 is 0. The number of pyridine rings is 1. The second-order valence-electron chi connectivity index (χ2n) is 7.67. The van der Waals surface area contributed by atoms with Crippen LogP contribution in [0.5, 0.6) is 11.5 Å². The van der Waals surface area contributed by atoms with Crippen LogP contribution in [0, 0.1) is 5.92 Å². The molecule has 1 fully saturated rings. The van der Waals surface area contributed by atoms with Crippen LogP contribution in [0.15, 0.2) is 41.2 Å². The monoisotopic (exact) mass is 366 g/mol. The van der Waals surface area contributed by atoms with Gasteiger partial charge in [-0.25, -0.2) is 0 Å². The van der Waals surface area contributed by atoms with Crippen LogP contribution in [-0.4, -0.2) is 48.1 Å². The van der Waals surface area contributed by atoms with E-state index in [9.17, 15) is 9.59 Å². The number of benzene rings is 1. The van der Waals surface area contributed by atoms with Crippen molar-refractivity contribution >= 4 is 5.78 Å². The molecular formula is C21H22N2O4. The molecule has 0 aliphatic carbocycles. The van der Waals surface area contributed by atoms with Crippen molar-refractivity contribution in [3.05, 3.63) is 58.0 Å². The number of carbonyl (C=O) groups excluding carboxylic acids is 1. The molecule has 0 saturated carbocycles. The number of Topliss-reactive ketones (excluding diaryl/α,β-unsaturated/α-hetero) is 1. The Bertz CT molecular complexity index is 951. The van der Waals surface area contributed by atoms with E-state index in [4.69, 9.17) is 9.47 Å². The normalized spacial score (nSPS) is 23.6. The van der Waals surface area contributed by atoms with E-state index in [2.05, 4.69) is 11.0 Å². The molecule has 140 valence electrons. The molecule has 0 radical (unpaired) electrons. The van der Waals surface area contributed by atoms with Gasteiger partial charge in [0.2, 0.25) is 0 Å². The molecule has 0 unspecified atom stereocenters. The zero-order valence-corrected chi connectivity index (χ0v) is 15.1. The van der Waals surface area contributed by atoms with Gasteiger partial charge in [0, 0.05) is 42.9 Å². The molecule has 5 rings (SSSR count). The van der Waals surface area contributed by atoms with Crippen molar-refractivity contribution in [2.75, 3.05) is 32.8 Å². The van der Waals surface area contributed by atoms with E-state index < -0.39 is 0 Å². The number of fused-ring (bicyclic) bond motifs is 5. The molecule has 0 spiro atoms. The lowest BCUT2D eigenvalue weighted by atomic mass is 9.83. The van der Waals surface area contributed by atoms with Crippen LogP contribution in [-0.2, 0) is 6.54 Å². The fourth-order valence-electron chi connectivity index (χ4n) is 4.64. The summed E-state index contributed by atoms with van der Waals surface area (Å²) in [5, 5.41) is 0. The highest BCUT2D eigenvalue weighted by atomic mass is 16.6. The second kappa shape index (κ2) is 6.53. The van der Waals surface area contributed by atoms with Crippen LogP contribution in [0.4, 0.5) is 0 Å². The van der Waals surface area contributed by atoms with Gasteiger partial charge in [0.25, 0.3) is 5.56 Å². The average molecular weight is 366 g/mol. The molecule has 27 heavy (non-hydrogen) atoms. The number of rotatable bonds is 3. The molecule has 0 amide bonds. The van der Waals surface area contributed by atoms with Gasteiger partial charge in [-0.2, -0.15) is 0 Å². The van der Waals surface area contributed by atoms with E-state index in [1.165, 1.54) is 0 Å². The maximum Gasteiger partial charge on any atom is 0.250 e. The summed E-state index contributed by atoms with van der Waals surface area (Å²) < 4.78 is 13.0. The number of ketones is 1. The molecule has 2 bridgehead atoms. The van der Waals surface area contributed by atoms with E-state index in [0.717, 1.165) is 31.7 Å². The number of hydrogen-bond donors (Lipinski definition) is 0. The molecule has 1 aromatic carbocycles. The summed E-state index contributed by atoms with van der Waals surface area (Å²) in [6.07, 6.45) is 1.10. The average Bonchev–Trinajstić information content (AvgIpc) is 2.68. The standard InChI is InChI=1S/C21H22N2O4/c24-18(15-4-5-19-20(9-15)27-7-6-26-19)13-22-10-14-8-16(12-22)17-2-1-3-21(25)23(17)11-14/h1-5,9,14,16H,6-8,10-13H2/t14-,16-/m0/s1. The number of carbonyl (C=O) groups is 1. The lowest BCUT2D eigenvalue weighted by Crippen LogP contribution is -2.48. The Kier molecular flexibility index (Phi) is 4.01. The van der Waals surface area contributed by atoms with E-state index in [0.29, 0.717) is 48.7 Å². The first-order valence-corrected chi connectivity index (χ1v) is 9.52. The van der Waals surface area contributed by atoms with Crippen molar-refractivity contribution in [1.29, 1.82) is 0 Å². The van der Waals surface area contributed by atoms with Gasteiger partial charge in [0.05, 0.1) is 6.54 Å².